The second-order valence-electron chi connectivity index (χ2n) is 9.33. The van der Waals surface area contributed by atoms with E-state index in [2.05, 4.69) is 20.9 Å². The molecule has 10 nitrogen and oxygen atoms in total. The second kappa shape index (κ2) is 9.44. The molecule has 1 aromatic carbocycles. The lowest BCUT2D eigenvalue weighted by Gasteiger charge is -2.24. The largest absolute Gasteiger partial charge is 0.359 e. The summed E-state index contributed by atoms with van der Waals surface area (Å²) in [4.78, 5) is 29.8. The summed E-state index contributed by atoms with van der Waals surface area (Å²) in [6.45, 7) is 6.94. The Kier molecular flexibility index (Phi) is 6.19. The van der Waals surface area contributed by atoms with E-state index in [1.165, 1.54) is 0 Å². The van der Waals surface area contributed by atoms with Crippen LogP contribution in [-0.2, 0) is 0 Å². The first-order valence-electron chi connectivity index (χ1n) is 12.0. The average molecular weight is 479 g/mol. The third-order valence-corrected chi connectivity index (χ3v) is 6.71. The van der Waals surface area contributed by atoms with Crippen molar-refractivity contribution < 1.29 is 18.6 Å². The van der Waals surface area contributed by atoms with Crippen molar-refractivity contribution in [2.75, 3.05) is 23.7 Å². The van der Waals surface area contributed by atoms with Gasteiger partial charge in [-0.3, -0.25) is 0 Å². The van der Waals surface area contributed by atoms with E-state index < -0.39 is 0 Å². The Bertz CT molecular complexity index is 1230. The SMILES string of the molecule is Cc1cc([C@H]2CCCN2C(=O)Nc2ccc(C)c(NC(=O)N3CCC[C@@H]3c3cc(C)no3)c2)on1. The zero-order chi connectivity index (χ0) is 24.5. The maximum Gasteiger partial charge on any atom is 0.322 e. The van der Waals surface area contributed by atoms with Crippen molar-refractivity contribution in [3.63, 3.8) is 0 Å². The Labute approximate surface area is 203 Å². The van der Waals surface area contributed by atoms with Crippen molar-refractivity contribution in [2.45, 2.75) is 58.5 Å². The highest BCUT2D eigenvalue weighted by Crippen LogP contribution is 2.34. The second-order valence-corrected chi connectivity index (χ2v) is 9.33. The van der Waals surface area contributed by atoms with E-state index in [0.717, 1.165) is 42.6 Å². The van der Waals surface area contributed by atoms with E-state index in [-0.39, 0.29) is 24.1 Å². The van der Waals surface area contributed by atoms with E-state index >= 15 is 0 Å². The lowest BCUT2D eigenvalue weighted by Crippen LogP contribution is -2.35. The topological polar surface area (TPSA) is 117 Å². The van der Waals surface area contributed by atoms with Gasteiger partial charge in [0, 0.05) is 36.6 Å². The fraction of sp³-hybridized carbons (Fsp3) is 0.440. The molecule has 2 aromatic heterocycles. The molecule has 2 atom stereocenters. The molecule has 5 rings (SSSR count). The Balaban J connectivity index is 1.27. The number of hydrogen-bond acceptors (Lipinski definition) is 6. The first-order valence-corrected chi connectivity index (χ1v) is 12.0. The van der Waals surface area contributed by atoms with Crippen LogP contribution in [0, 0.1) is 20.8 Å². The van der Waals surface area contributed by atoms with Gasteiger partial charge in [-0.2, -0.15) is 0 Å². The molecule has 184 valence electrons. The van der Waals surface area contributed by atoms with E-state index in [1.54, 1.807) is 15.9 Å². The van der Waals surface area contributed by atoms with Crippen molar-refractivity contribution in [2.24, 2.45) is 0 Å². The van der Waals surface area contributed by atoms with Crippen LogP contribution in [0.5, 0.6) is 0 Å². The first kappa shape index (κ1) is 22.9. The number of amides is 4. The number of likely N-dealkylation sites (tertiary alicyclic amines) is 2. The number of anilines is 2. The summed E-state index contributed by atoms with van der Waals surface area (Å²) in [5.74, 6) is 1.41. The van der Waals surface area contributed by atoms with Gasteiger partial charge in [-0.15, -0.1) is 0 Å². The van der Waals surface area contributed by atoms with Crippen LogP contribution >= 0.6 is 0 Å². The van der Waals surface area contributed by atoms with E-state index in [0.29, 0.717) is 36.0 Å². The molecule has 2 aliphatic heterocycles. The van der Waals surface area contributed by atoms with Gasteiger partial charge >= 0.3 is 12.1 Å². The van der Waals surface area contributed by atoms with Crippen molar-refractivity contribution in [1.82, 2.24) is 20.1 Å². The minimum absolute atomic E-state index is 0.132. The average Bonchev–Trinajstić information content (AvgIpc) is 3.62. The van der Waals surface area contributed by atoms with Crippen LogP contribution in [0.1, 0.15) is 66.2 Å². The molecule has 0 bridgehead atoms. The lowest BCUT2D eigenvalue weighted by atomic mass is 10.1. The van der Waals surface area contributed by atoms with Gasteiger partial charge in [-0.05, 0) is 64.2 Å². The van der Waals surface area contributed by atoms with E-state index in [9.17, 15) is 9.59 Å². The normalized spacial score (nSPS) is 19.9. The highest BCUT2D eigenvalue weighted by Gasteiger charge is 2.34. The zero-order valence-electron chi connectivity index (χ0n) is 20.2. The number of benzene rings is 1. The Morgan fingerprint density at radius 2 is 1.37 bits per heavy atom. The summed E-state index contributed by atoms with van der Waals surface area (Å²) in [6.07, 6.45) is 3.46. The molecule has 0 spiro atoms. The molecule has 0 unspecified atom stereocenters. The number of carbonyl (C=O) groups is 2. The predicted octanol–water partition coefficient (Wildman–Crippen LogP) is 5.33. The van der Waals surface area contributed by atoms with Crippen LogP contribution in [0.4, 0.5) is 21.0 Å². The molecule has 2 aliphatic rings. The smallest absolute Gasteiger partial charge is 0.322 e. The molecule has 2 N–H and O–H groups in total. The third kappa shape index (κ3) is 4.73. The van der Waals surface area contributed by atoms with Crippen LogP contribution in [0.2, 0.25) is 0 Å². The Hall–Kier alpha value is -3.82. The van der Waals surface area contributed by atoms with E-state index in [1.807, 2.05) is 45.0 Å². The number of nitrogens with zero attached hydrogens (tertiary/aromatic N) is 4. The van der Waals surface area contributed by atoms with Crippen molar-refractivity contribution in [3.8, 4) is 0 Å². The van der Waals surface area contributed by atoms with Gasteiger partial charge in [0.1, 0.15) is 0 Å². The van der Waals surface area contributed by atoms with Gasteiger partial charge < -0.3 is 29.5 Å². The van der Waals surface area contributed by atoms with Crippen LogP contribution in [0.3, 0.4) is 0 Å². The molecular formula is C25H30N6O4. The fourth-order valence-corrected chi connectivity index (χ4v) is 4.91. The zero-order valence-corrected chi connectivity index (χ0v) is 20.2. The van der Waals surface area contributed by atoms with Crippen molar-refractivity contribution in [3.05, 3.63) is 58.8 Å². The summed E-state index contributed by atoms with van der Waals surface area (Å²) in [5, 5.41) is 13.9. The number of aryl methyl sites for hydroxylation is 3. The highest BCUT2D eigenvalue weighted by molar-refractivity contribution is 5.94. The number of hydrogen-bond donors (Lipinski definition) is 2. The summed E-state index contributed by atoms with van der Waals surface area (Å²) in [7, 11) is 0. The number of aromatic nitrogens is 2. The number of urea groups is 2. The van der Waals surface area contributed by atoms with Crippen molar-refractivity contribution >= 4 is 23.4 Å². The molecule has 0 saturated carbocycles. The molecule has 0 radical (unpaired) electrons. The molecule has 0 aliphatic carbocycles. The number of nitrogens with one attached hydrogen (secondary N) is 2. The van der Waals surface area contributed by atoms with Gasteiger partial charge in [-0.25, -0.2) is 9.59 Å². The first-order chi connectivity index (χ1) is 16.9. The van der Waals surface area contributed by atoms with Gasteiger partial charge in [0.25, 0.3) is 0 Å². The fourth-order valence-electron chi connectivity index (χ4n) is 4.91. The molecule has 4 heterocycles. The maximum absolute atomic E-state index is 13.1. The van der Waals surface area contributed by atoms with Gasteiger partial charge in [0.15, 0.2) is 11.5 Å². The minimum atomic E-state index is -0.206. The summed E-state index contributed by atoms with van der Waals surface area (Å²) >= 11 is 0. The van der Waals surface area contributed by atoms with Crippen LogP contribution in [-0.4, -0.2) is 45.3 Å². The molecule has 10 heteroatoms. The van der Waals surface area contributed by atoms with Crippen LogP contribution < -0.4 is 10.6 Å². The lowest BCUT2D eigenvalue weighted by molar-refractivity contribution is 0.195. The molecule has 2 fully saturated rings. The number of carbonyl (C=O) groups excluding carboxylic acids is 2. The summed E-state index contributed by atoms with van der Waals surface area (Å²) < 4.78 is 10.8. The molecule has 4 amide bonds. The predicted molar refractivity (Wildman–Crippen MR) is 129 cm³/mol. The van der Waals surface area contributed by atoms with Gasteiger partial charge in [-0.1, -0.05) is 16.4 Å². The van der Waals surface area contributed by atoms with Crippen LogP contribution in [0.15, 0.2) is 39.4 Å². The Morgan fingerprint density at radius 3 is 1.89 bits per heavy atom. The van der Waals surface area contributed by atoms with E-state index in [4.69, 9.17) is 9.05 Å². The van der Waals surface area contributed by atoms with Gasteiger partial charge in [0.2, 0.25) is 0 Å². The highest BCUT2D eigenvalue weighted by atomic mass is 16.5. The summed E-state index contributed by atoms with van der Waals surface area (Å²) in [5.41, 5.74) is 3.75. The van der Waals surface area contributed by atoms with Crippen molar-refractivity contribution in [1.29, 1.82) is 0 Å². The third-order valence-electron chi connectivity index (χ3n) is 6.71. The number of rotatable bonds is 4. The standard InChI is InChI=1S/C25H30N6O4/c1-15-8-9-18(26-24(32)30-10-4-6-20(30)22-12-16(2)28-34-22)14-19(15)27-25(33)31-11-5-7-21(31)23-13-17(3)29-35-23/h8-9,12-14,20-21H,4-7,10-11H2,1-3H3,(H,26,32)(H,27,33)/t20-,21-/m1/s1. The monoisotopic (exact) mass is 478 g/mol. The van der Waals surface area contributed by atoms with Crippen LogP contribution in [0.25, 0.3) is 0 Å². The minimum Gasteiger partial charge on any atom is -0.359 e. The maximum atomic E-state index is 13.1. The Morgan fingerprint density at radius 1 is 0.829 bits per heavy atom. The quantitative estimate of drug-likeness (QED) is 0.524. The summed E-state index contributed by atoms with van der Waals surface area (Å²) in [6, 6.07) is 8.59. The molecule has 3 aromatic rings. The molecule has 35 heavy (non-hydrogen) atoms. The molecular weight excluding hydrogens is 448 g/mol. The van der Waals surface area contributed by atoms with Gasteiger partial charge in [0.05, 0.1) is 23.5 Å². The molecule has 2 saturated heterocycles.